The summed E-state index contributed by atoms with van der Waals surface area (Å²) in [5, 5.41) is 9.74. The number of rotatable bonds is 3. The highest BCUT2D eigenvalue weighted by Crippen LogP contribution is 2.44. The molecule has 1 amide bonds. The van der Waals surface area contributed by atoms with E-state index < -0.39 is 36.0 Å². The Morgan fingerprint density at radius 2 is 1.48 bits per heavy atom. The summed E-state index contributed by atoms with van der Waals surface area (Å²) in [5.74, 6) is -1.13. The number of hydrogen-bond acceptors (Lipinski definition) is 4. The van der Waals surface area contributed by atoms with Crippen molar-refractivity contribution in [1.82, 2.24) is 4.90 Å². The molecule has 142 valence electrons. The maximum absolute atomic E-state index is 13.0. The molecule has 0 saturated carbocycles. The molecule has 2 aromatic carbocycles. The molecule has 0 aromatic heterocycles. The third-order valence-electron chi connectivity index (χ3n) is 4.19. The van der Waals surface area contributed by atoms with E-state index in [0.717, 1.165) is 0 Å². The predicted molar refractivity (Wildman–Crippen MR) is 98.9 cm³/mol. The first-order chi connectivity index (χ1) is 12.8. The van der Waals surface area contributed by atoms with Crippen molar-refractivity contribution in [2.45, 2.75) is 44.7 Å². The fourth-order valence-corrected chi connectivity index (χ4v) is 3.13. The van der Waals surface area contributed by atoms with Gasteiger partial charge in [0.05, 0.1) is 0 Å². The van der Waals surface area contributed by atoms with Crippen molar-refractivity contribution in [3.63, 3.8) is 0 Å². The summed E-state index contributed by atoms with van der Waals surface area (Å²) < 4.78 is 11.4. The predicted octanol–water partition coefficient (Wildman–Crippen LogP) is 4.15. The lowest BCUT2D eigenvalue weighted by molar-refractivity contribution is -0.150. The van der Waals surface area contributed by atoms with Crippen molar-refractivity contribution in [3.8, 4) is 0 Å². The monoisotopic (exact) mass is 369 g/mol. The number of nitrogens with zero attached hydrogens (tertiary/aromatic N) is 1. The average Bonchev–Trinajstić information content (AvgIpc) is 3.03. The van der Waals surface area contributed by atoms with E-state index in [9.17, 15) is 14.7 Å². The van der Waals surface area contributed by atoms with Crippen LogP contribution in [0.5, 0.6) is 0 Å². The Hall–Kier alpha value is -2.86. The molecule has 1 saturated heterocycles. The van der Waals surface area contributed by atoms with Gasteiger partial charge in [-0.25, -0.2) is 9.59 Å². The van der Waals surface area contributed by atoms with Crippen molar-refractivity contribution in [2.75, 3.05) is 0 Å². The van der Waals surface area contributed by atoms with Crippen LogP contribution in [0.15, 0.2) is 60.7 Å². The highest BCUT2D eigenvalue weighted by Gasteiger charge is 2.50. The summed E-state index contributed by atoms with van der Waals surface area (Å²) in [4.78, 5) is 26.3. The number of carboxylic acid groups (broad SMARTS) is 1. The van der Waals surface area contributed by atoms with Crippen molar-refractivity contribution >= 4 is 12.1 Å². The molecule has 1 aliphatic heterocycles. The second-order valence-corrected chi connectivity index (χ2v) is 7.40. The van der Waals surface area contributed by atoms with E-state index in [1.807, 2.05) is 24.3 Å². The van der Waals surface area contributed by atoms with E-state index in [-0.39, 0.29) is 0 Å². The zero-order valence-corrected chi connectivity index (χ0v) is 15.5. The SMILES string of the molecule is CC(C)(C)OC(=O)N1[C@@H](c2ccccc2)O[C@@H](C(=O)O)[C@@H]1c1ccccc1. The van der Waals surface area contributed by atoms with E-state index in [2.05, 4.69) is 0 Å². The second kappa shape index (κ2) is 7.40. The lowest BCUT2D eigenvalue weighted by Gasteiger charge is -2.31. The quantitative estimate of drug-likeness (QED) is 0.880. The van der Waals surface area contributed by atoms with Crippen molar-refractivity contribution in [2.24, 2.45) is 0 Å². The largest absolute Gasteiger partial charge is 0.479 e. The van der Waals surface area contributed by atoms with Gasteiger partial charge >= 0.3 is 12.1 Å². The molecule has 0 radical (unpaired) electrons. The van der Waals surface area contributed by atoms with Gasteiger partial charge in [-0.05, 0) is 26.3 Å². The minimum absolute atomic E-state index is 0.617. The zero-order chi connectivity index (χ0) is 19.6. The number of hydrogen-bond donors (Lipinski definition) is 1. The minimum Gasteiger partial charge on any atom is -0.479 e. The Morgan fingerprint density at radius 3 is 1.96 bits per heavy atom. The van der Waals surface area contributed by atoms with Crippen LogP contribution >= 0.6 is 0 Å². The molecule has 6 nitrogen and oxygen atoms in total. The highest BCUT2D eigenvalue weighted by atomic mass is 16.6. The normalized spacial score (nSPS) is 22.5. The van der Waals surface area contributed by atoms with Gasteiger partial charge in [-0.2, -0.15) is 0 Å². The number of carbonyl (C=O) groups is 2. The molecular formula is C21H23NO5. The van der Waals surface area contributed by atoms with E-state index in [4.69, 9.17) is 9.47 Å². The van der Waals surface area contributed by atoms with Gasteiger partial charge in [-0.3, -0.25) is 4.90 Å². The van der Waals surface area contributed by atoms with E-state index >= 15 is 0 Å². The van der Waals surface area contributed by atoms with Gasteiger partial charge in [0.2, 0.25) is 0 Å². The topological polar surface area (TPSA) is 76.1 Å². The number of amides is 1. The van der Waals surface area contributed by atoms with E-state index in [1.165, 1.54) is 4.90 Å². The van der Waals surface area contributed by atoms with Crippen LogP contribution in [-0.4, -0.2) is 33.8 Å². The van der Waals surface area contributed by atoms with Gasteiger partial charge in [-0.1, -0.05) is 60.7 Å². The standard InChI is InChI=1S/C21H23NO5/c1-21(2,3)27-20(25)22-16(14-10-6-4-7-11-14)17(19(23)24)26-18(22)15-12-8-5-9-13-15/h4-13,16-18H,1-3H3,(H,23,24)/t16-,17+,18+/m0/s1. The van der Waals surface area contributed by atoms with E-state index in [0.29, 0.717) is 11.1 Å². The summed E-state index contributed by atoms with van der Waals surface area (Å²) in [6.45, 7) is 5.31. The molecular weight excluding hydrogens is 346 g/mol. The Balaban J connectivity index is 2.08. The fourth-order valence-electron chi connectivity index (χ4n) is 3.13. The van der Waals surface area contributed by atoms with Crippen molar-refractivity contribution in [1.29, 1.82) is 0 Å². The third kappa shape index (κ3) is 4.11. The van der Waals surface area contributed by atoms with Crippen LogP contribution in [0.3, 0.4) is 0 Å². The number of carboxylic acids is 1. The van der Waals surface area contributed by atoms with Crippen LogP contribution in [0.4, 0.5) is 4.79 Å². The third-order valence-corrected chi connectivity index (χ3v) is 4.19. The fraction of sp³-hybridized carbons (Fsp3) is 0.333. The molecule has 1 fully saturated rings. The van der Waals surface area contributed by atoms with Gasteiger partial charge in [-0.15, -0.1) is 0 Å². The summed E-state index contributed by atoms with van der Waals surface area (Å²) >= 11 is 0. The number of carbonyl (C=O) groups excluding carboxylic acids is 1. The zero-order valence-electron chi connectivity index (χ0n) is 15.5. The first-order valence-electron chi connectivity index (χ1n) is 8.77. The summed E-state index contributed by atoms with van der Waals surface area (Å²) in [6.07, 6.45) is -2.67. The van der Waals surface area contributed by atoms with Crippen LogP contribution in [0.2, 0.25) is 0 Å². The van der Waals surface area contributed by atoms with Crippen molar-refractivity contribution in [3.05, 3.63) is 71.8 Å². The van der Waals surface area contributed by atoms with Gasteiger partial charge < -0.3 is 14.6 Å². The second-order valence-electron chi connectivity index (χ2n) is 7.40. The maximum Gasteiger partial charge on any atom is 0.413 e. The molecule has 1 heterocycles. The molecule has 27 heavy (non-hydrogen) atoms. The first kappa shape index (κ1) is 18.9. The van der Waals surface area contributed by atoms with Crippen LogP contribution in [0.25, 0.3) is 0 Å². The van der Waals surface area contributed by atoms with E-state index in [1.54, 1.807) is 57.2 Å². The smallest absolute Gasteiger partial charge is 0.413 e. The molecule has 1 aliphatic rings. The molecule has 0 aliphatic carbocycles. The Bertz CT molecular complexity index is 800. The Kier molecular flexibility index (Phi) is 5.19. The minimum atomic E-state index is -1.20. The molecule has 0 spiro atoms. The number of benzene rings is 2. The van der Waals surface area contributed by atoms with Crippen LogP contribution in [-0.2, 0) is 14.3 Å². The molecule has 3 rings (SSSR count). The van der Waals surface area contributed by atoms with Crippen LogP contribution < -0.4 is 0 Å². The Labute approximate surface area is 158 Å². The van der Waals surface area contributed by atoms with Crippen LogP contribution in [0.1, 0.15) is 44.2 Å². The van der Waals surface area contributed by atoms with Crippen molar-refractivity contribution < 1.29 is 24.2 Å². The molecule has 1 N–H and O–H groups in total. The molecule has 0 bridgehead atoms. The molecule has 0 unspecified atom stereocenters. The average molecular weight is 369 g/mol. The lowest BCUT2D eigenvalue weighted by Crippen LogP contribution is -2.40. The highest BCUT2D eigenvalue weighted by molar-refractivity contribution is 5.77. The molecule has 6 heteroatoms. The Morgan fingerprint density at radius 1 is 0.963 bits per heavy atom. The van der Waals surface area contributed by atoms with Gasteiger partial charge in [0, 0.05) is 5.56 Å². The molecule has 3 atom stereocenters. The summed E-state index contributed by atoms with van der Waals surface area (Å²) in [7, 11) is 0. The summed E-state index contributed by atoms with van der Waals surface area (Å²) in [6, 6.07) is 17.3. The maximum atomic E-state index is 13.0. The lowest BCUT2D eigenvalue weighted by atomic mass is 10.0. The van der Waals surface area contributed by atoms with Crippen LogP contribution in [0, 0.1) is 0 Å². The van der Waals surface area contributed by atoms with Gasteiger partial charge in [0.15, 0.2) is 12.3 Å². The number of ether oxygens (including phenoxy) is 2. The van der Waals surface area contributed by atoms with Gasteiger partial charge in [0.1, 0.15) is 11.6 Å². The summed E-state index contributed by atoms with van der Waals surface area (Å²) in [5.41, 5.74) is 0.642. The number of aliphatic carboxylic acids is 1. The van der Waals surface area contributed by atoms with Gasteiger partial charge in [0.25, 0.3) is 0 Å². The first-order valence-corrected chi connectivity index (χ1v) is 8.77. The molecule has 2 aromatic rings.